The Kier molecular flexibility index (Phi) is 5.05. The molecule has 0 saturated carbocycles. The largest absolute Gasteiger partial charge is 0.347 e. The van der Waals surface area contributed by atoms with Gasteiger partial charge in [0.2, 0.25) is 5.95 Å². The maximum Gasteiger partial charge on any atom is 0.251 e. The maximum absolute atomic E-state index is 12.4. The smallest absolute Gasteiger partial charge is 0.251 e. The van der Waals surface area contributed by atoms with E-state index < -0.39 is 0 Å². The van der Waals surface area contributed by atoms with E-state index in [2.05, 4.69) is 26.7 Å². The van der Waals surface area contributed by atoms with Gasteiger partial charge in [-0.15, -0.1) is 0 Å². The van der Waals surface area contributed by atoms with Crippen molar-refractivity contribution in [1.29, 1.82) is 0 Å². The summed E-state index contributed by atoms with van der Waals surface area (Å²) in [6, 6.07) is 7.82. The van der Waals surface area contributed by atoms with Crippen molar-refractivity contribution in [3.8, 4) is 0 Å². The Labute approximate surface area is 142 Å². The van der Waals surface area contributed by atoms with Crippen molar-refractivity contribution in [2.45, 2.75) is 19.4 Å². The zero-order chi connectivity index (χ0) is 16.9. The SMILES string of the molecule is CN(C)c1nccc(CNC(=O)c2ccc3c(c2)CCNCC3)n1. The van der Waals surface area contributed by atoms with Crippen LogP contribution in [0.15, 0.2) is 30.5 Å². The molecule has 2 aromatic rings. The number of carbonyl (C=O) groups excluding carboxylic acids is 1. The maximum atomic E-state index is 12.4. The Morgan fingerprint density at radius 1 is 1.21 bits per heavy atom. The highest BCUT2D eigenvalue weighted by Crippen LogP contribution is 2.15. The van der Waals surface area contributed by atoms with Crippen LogP contribution in [-0.2, 0) is 19.4 Å². The van der Waals surface area contributed by atoms with Gasteiger partial charge in [-0.1, -0.05) is 6.07 Å². The number of benzene rings is 1. The first-order chi connectivity index (χ1) is 11.6. The van der Waals surface area contributed by atoms with E-state index in [1.165, 1.54) is 11.1 Å². The van der Waals surface area contributed by atoms with E-state index in [1.807, 2.05) is 37.2 Å². The number of aromatic nitrogens is 2. The normalized spacial score (nSPS) is 13.8. The van der Waals surface area contributed by atoms with Gasteiger partial charge in [-0.25, -0.2) is 9.97 Å². The van der Waals surface area contributed by atoms with Crippen LogP contribution in [0.25, 0.3) is 0 Å². The average Bonchev–Trinajstić information content (AvgIpc) is 2.84. The van der Waals surface area contributed by atoms with Gasteiger partial charge in [0.25, 0.3) is 5.91 Å². The number of anilines is 1. The van der Waals surface area contributed by atoms with Crippen molar-refractivity contribution in [3.05, 3.63) is 52.8 Å². The number of hydrogen-bond donors (Lipinski definition) is 2. The van der Waals surface area contributed by atoms with E-state index in [0.29, 0.717) is 18.1 Å². The minimum absolute atomic E-state index is 0.0694. The lowest BCUT2D eigenvalue weighted by atomic mass is 10.00. The van der Waals surface area contributed by atoms with E-state index >= 15 is 0 Å². The number of hydrogen-bond acceptors (Lipinski definition) is 5. The lowest BCUT2D eigenvalue weighted by Crippen LogP contribution is -2.24. The first-order valence-electron chi connectivity index (χ1n) is 8.23. The van der Waals surface area contributed by atoms with Crippen LogP contribution < -0.4 is 15.5 Å². The van der Waals surface area contributed by atoms with Gasteiger partial charge in [0, 0.05) is 25.9 Å². The fourth-order valence-electron chi connectivity index (χ4n) is 2.79. The summed E-state index contributed by atoms with van der Waals surface area (Å²) in [5, 5.41) is 6.33. The zero-order valence-electron chi connectivity index (χ0n) is 14.2. The van der Waals surface area contributed by atoms with Gasteiger partial charge >= 0.3 is 0 Å². The second-order valence-electron chi connectivity index (χ2n) is 6.16. The number of nitrogens with zero attached hydrogens (tertiary/aromatic N) is 3. The van der Waals surface area contributed by atoms with E-state index in [-0.39, 0.29) is 5.91 Å². The first kappa shape index (κ1) is 16.4. The van der Waals surface area contributed by atoms with Crippen LogP contribution in [0.3, 0.4) is 0 Å². The molecule has 0 atom stereocenters. The lowest BCUT2D eigenvalue weighted by Gasteiger charge is -2.12. The van der Waals surface area contributed by atoms with E-state index in [0.717, 1.165) is 31.6 Å². The molecule has 0 bridgehead atoms. The molecule has 3 rings (SSSR count). The lowest BCUT2D eigenvalue weighted by molar-refractivity contribution is 0.0950. The molecule has 0 spiro atoms. The van der Waals surface area contributed by atoms with Gasteiger partial charge < -0.3 is 15.5 Å². The van der Waals surface area contributed by atoms with Crippen molar-refractivity contribution in [1.82, 2.24) is 20.6 Å². The molecule has 1 aliphatic heterocycles. The molecule has 0 unspecified atom stereocenters. The Hall–Kier alpha value is -2.47. The molecule has 1 aliphatic rings. The van der Waals surface area contributed by atoms with Crippen LogP contribution in [-0.4, -0.2) is 43.1 Å². The number of amides is 1. The molecule has 0 fully saturated rings. The highest BCUT2D eigenvalue weighted by atomic mass is 16.1. The van der Waals surface area contributed by atoms with Crippen LogP contribution in [0.1, 0.15) is 27.2 Å². The molecule has 2 heterocycles. The molecule has 6 heteroatoms. The summed E-state index contributed by atoms with van der Waals surface area (Å²) in [5.74, 6) is 0.569. The molecular weight excluding hydrogens is 302 g/mol. The third kappa shape index (κ3) is 3.89. The van der Waals surface area contributed by atoms with Crippen molar-refractivity contribution >= 4 is 11.9 Å². The summed E-state index contributed by atoms with van der Waals surface area (Å²) >= 11 is 0. The summed E-state index contributed by atoms with van der Waals surface area (Å²) < 4.78 is 0. The fraction of sp³-hybridized carbons (Fsp3) is 0.389. The van der Waals surface area contributed by atoms with Crippen LogP contribution in [0, 0.1) is 0 Å². The van der Waals surface area contributed by atoms with Crippen molar-refractivity contribution < 1.29 is 4.79 Å². The number of nitrogens with one attached hydrogen (secondary N) is 2. The minimum Gasteiger partial charge on any atom is -0.347 e. The number of rotatable bonds is 4. The molecule has 0 radical (unpaired) electrons. The van der Waals surface area contributed by atoms with Gasteiger partial charge in [0.1, 0.15) is 0 Å². The molecule has 1 aromatic heterocycles. The second kappa shape index (κ2) is 7.40. The van der Waals surface area contributed by atoms with Crippen molar-refractivity contribution in [3.63, 3.8) is 0 Å². The van der Waals surface area contributed by atoms with Gasteiger partial charge in [-0.2, -0.15) is 0 Å². The zero-order valence-corrected chi connectivity index (χ0v) is 14.2. The molecule has 6 nitrogen and oxygen atoms in total. The summed E-state index contributed by atoms with van der Waals surface area (Å²) in [6.45, 7) is 2.35. The van der Waals surface area contributed by atoms with Gasteiger partial charge in [0.05, 0.1) is 12.2 Å². The molecule has 1 aromatic carbocycles. The molecule has 0 saturated heterocycles. The van der Waals surface area contributed by atoms with Crippen LogP contribution in [0.2, 0.25) is 0 Å². The summed E-state index contributed by atoms with van der Waals surface area (Å²) in [6.07, 6.45) is 3.69. The first-order valence-corrected chi connectivity index (χ1v) is 8.23. The van der Waals surface area contributed by atoms with Crippen LogP contribution in [0.5, 0.6) is 0 Å². The Balaban J connectivity index is 1.67. The predicted molar refractivity (Wildman–Crippen MR) is 94.2 cm³/mol. The fourth-order valence-corrected chi connectivity index (χ4v) is 2.79. The predicted octanol–water partition coefficient (Wildman–Crippen LogP) is 1.16. The van der Waals surface area contributed by atoms with Gasteiger partial charge in [-0.3, -0.25) is 4.79 Å². The van der Waals surface area contributed by atoms with Crippen molar-refractivity contribution in [2.75, 3.05) is 32.1 Å². The highest BCUT2D eigenvalue weighted by Gasteiger charge is 2.12. The second-order valence-corrected chi connectivity index (χ2v) is 6.16. The van der Waals surface area contributed by atoms with E-state index in [4.69, 9.17) is 0 Å². The van der Waals surface area contributed by atoms with Gasteiger partial charge in [0.15, 0.2) is 0 Å². The topological polar surface area (TPSA) is 70.2 Å². The minimum atomic E-state index is -0.0694. The average molecular weight is 325 g/mol. The van der Waals surface area contributed by atoms with E-state index in [1.54, 1.807) is 6.20 Å². The summed E-state index contributed by atoms with van der Waals surface area (Å²) in [7, 11) is 3.78. The van der Waals surface area contributed by atoms with Gasteiger partial charge in [-0.05, 0) is 55.3 Å². The Morgan fingerprint density at radius 3 is 2.79 bits per heavy atom. The number of fused-ring (bicyclic) bond motifs is 1. The highest BCUT2D eigenvalue weighted by molar-refractivity contribution is 5.94. The van der Waals surface area contributed by atoms with Crippen molar-refractivity contribution in [2.24, 2.45) is 0 Å². The molecular formula is C18H23N5O. The molecule has 0 aliphatic carbocycles. The summed E-state index contributed by atoms with van der Waals surface area (Å²) in [4.78, 5) is 22.9. The Morgan fingerprint density at radius 2 is 2.00 bits per heavy atom. The van der Waals surface area contributed by atoms with E-state index in [9.17, 15) is 4.79 Å². The third-order valence-electron chi connectivity index (χ3n) is 4.14. The molecule has 126 valence electrons. The number of carbonyl (C=O) groups is 1. The monoisotopic (exact) mass is 325 g/mol. The standard InChI is InChI=1S/C18H23N5O/c1-23(2)18-20-10-7-16(22-18)12-21-17(24)15-4-3-13-5-8-19-9-6-14(13)11-15/h3-4,7,10-11,19H,5-6,8-9,12H2,1-2H3,(H,21,24). The van der Waals surface area contributed by atoms with Crippen LogP contribution >= 0.6 is 0 Å². The summed E-state index contributed by atoms with van der Waals surface area (Å²) in [5.41, 5.74) is 4.10. The molecule has 2 N–H and O–H groups in total. The Bertz CT molecular complexity index is 729. The molecule has 24 heavy (non-hydrogen) atoms. The van der Waals surface area contributed by atoms with Crippen LogP contribution in [0.4, 0.5) is 5.95 Å². The quantitative estimate of drug-likeness (QED) is 0.883. The molecule has 1 amide bonds. The third-order valence-corrected chi connectivity index (χ3v) is 4.14.